The molecule has 102 valence electrons. The Labute approximate surface area is 115 Å². The van der Waals surface area contributed by atoms with Crippen molar-refractivity contribution < 1.29 is 5.11 Å². The van der Waals surface area contributed by atoms with Gasteiger partial charge >= 0.3 is 0 Å². The molecular weight excluding hydrogens is 266 g/mol. The van der Waals surface area contributed by atoms with Crippen LogP contribution in [0.25, 0.3) is 11.2 Å². The van der Waals surface area contributed by atoms with Gasteiger partial charge in [0.1, 0.15) is 5.52 Å². The number of nitrogens with zero attached hydrogens (tertiary/aromatic N) is 4. The first-order chi connectivity index (χ1) is 9.19. The maximum Gasteiger partial charge on any atom is 0.223 e. The summed E-state index contributed by atoms with van der Waals surface area (Å²) in [6.45, 7) is 1.03. The molecule has 2 heterocycles. The quantitative estimate of drug-likeness (QED) is 0.832. The van der Waals surface area contributed by atoms with Crippen LogP contribution in [0.2, 0.25) is 5.15 Å². The zero-order valence-corrected chi connectivity index (χ0v) is 11.2. The highest BCUT2D eigenvalue weighted by molar-refractivity contribution is 6.33. The molecule has 1 aliphatic rings. The zero-order valence-electron chi connectivity index (χ0n) is 10.5. The molecule has 3 N–H and O–H groups in total. The summed E-state index contributed by atoms with van der Waals surface area (Å²) in [6.07, 6.45) is 5.10. The van der Waals surface area contributed by atoms with Crippen LogP contribution >= 0.6 is 11.6 Å². The second kappa shape index (κ2) is 4.94. The van der Waals surface area contributed by atoms with Crippen LogP contribution in [-0.2, 0) is 6.54 Å². The molecule has 6 nitrogen and oxygen atoms in total. The molecule has 0 saturated heterocycles. The Morgan fingerprint density at radius 1 is 1.37 bits per heavy atom. The Morgan fingerprint density at radius 2 is 2.16 bits per heavy atom. The first-order valence-electron chi connectivity index (χ1n) is 6.43. The lowest BCUT2D eigenvalue weighted by molar-refractivity contribution is 0.185. The van der Waals surface area contributed by atoms with Crippen LogP contribution < -0.4 is 5.73 Å². The maximum absolute atomic E-state index is 9.37. The first-order valence-corrected chi connectivity index (χ1v) is 6.81. The highest BCUT2D eigenvalue weighted by Gasteiger charge is 2.27. The molecule has 7 heteroatoms. The molecule has 1 saturated carbocycles. The summed E-state index contributed by atoms with van der Waals surface area (Å²) in [5.74, 6) is 0.980. The molecule has 1 aliphatic carbocycles. The predicted molar refractivity (Wildman–Crippen MR) is 72.7 cm³/mol. The van der Waals surface area contributed by atoms with Gasteiger partial charge in [-0.05, 0) is 24.7 Å². The Kier molecular flexibility index (Phi) is 3.28. The van der Waals surface area contributed by atoms with E-state index in [4.69, 9.17) is 17.3 Å². The number of nitrogen functional groups attached to an aromatic ring is 1. The summed E-state index contributed by atoms with van der Waals surface area (Å²) >= 11 is 6.00. The minimum Gasteiger partial charge on any atom is -0.396 e. The molecule has 2 atom stereocenters. The van der Waals surface area contributed by atoms with Crippen molar-refractivity contribution in [3.05, 3.63) is 11.5 Å². The number of anilines is 1. The van der Waals surface area contributed by atoms with Crippen molar-refractivity contribution in [1.29, 1.82) is 0 Å². The largest absolute Gasteiger partial charge is 0.396 e. The summed E-state index contributed by atoms with van der Waals surface area (Å²) < 4.78 is 1.96. The Morgan fingerprint density at radius 3 is 2.95 bits per heavy atom. The summed E-state index contributed by atoms with van der Waals surface area (Å²) in [7, 11) is 0. The van der Waals surface area contributed by atoms with Crippen molar-refractivity contribution in [3.63, 3.8) is 0 Å². The van der Waals surface area contributed by atoms with Gasteiger partial charge in [-0.2, -0.15) is 9.97 Å². The third-order valence-electron chi connectivity index (χ3n) is 3.92. The van der Waals surface area contributed by atoms with Crippen LogP contribution in [0.15, 0.2) is 6.33 Å². The average Bonchev–Trinajstić information content (AvgIpc) is 2.97. The van der Waals surface area contributed by atoms with E-state index in [1.807, 2.05) is 4.57 Å². The first kappa shape index (κ1) is 12.6. The normalized spacial score (nSPS) is 23.3. The molecular formula is C12H16ClN5O. The van der Waals surface area contributed by atoms with Gasteiger partial charge in [-0.1, -0.05) is 18.0 Å². The van der Waals surface area contributed by atoms with E-state index in [2.05, 4.69) is 15.0 Å². The van der Waals surface area contributed by atoms with Crippen LogP contribution in [0.4, 0.5) is 5.95 Å². The Hall–Kier alpha value is -1.40. The van der Waals surface area contributed by atoms with E-state index in [1.54, 1.807) is 6.33 Å². The van der Waals surface area contributed by atoms with Crippen molar-refractivity contribution in [2.24, 2.45) is 11.8 Å². The molecule has 1 fully saturated rings. The number of aliphatic hydroxyl groups excluding tert-OH is 1. The second-order valence-corrected chi connectivity index (χ2v) is 5.43. The number of fused-ring (bicyclic) bond motifs is 1. The molecule has 0 aromatic carbocycles. The van der Waals surface area contributed by atoms with E-state index in [0.717, 1.165) is 19.4 Å². The van der Waals surface area contributed by atoms with Gasteiger partial charge < -0.3 is 15.4 Å². The maximum atomic E-state index is 9.37. The van der Waals surface area contributed by atoms with Gasteiger partial charge in [0, 0.05) is 13.2 Å². The molecule has 0 radical (unpaired) electrons. The number of hydrogen-bond donors (Lipinski definition) is 2. The SMILES string of the molecule is Nc1nc(Cl)c2ncn(C[C@H]3CCC[C@H]3CO)c2n1. The molecule has 19 heavy (non-hydrogen) atoms. The topological polar surface area (TPSA) is 89.8 Å². The van der Waals surface area contributed by atoms with Crippen LogP contribution in [-0.4, -0.2) is 31.2 Å². The number of rotatable bonds is 3. The summed E-state index contributed by atoms with van der Waals surface area (Å²) in [4.78, 5) is 12.3. The summed E-state index contributed by atoms with van der Waals surface area (Å²) in [5.41, 5.74) is 6.87. The predicted octanol–water partition coefficient (Wildman–Crippen LogP) is 1.47. The molecule has 2 aromatic rings. The highest BCUT2D eigenvalue weighted by Crippen LogP contribution is 2.33. The van der Waals surface area contributed by atoms with Crippen molar-refractivity contribution in [2.75, 3.05) is 12.3 Å². The third kappa shape index (κ3) is 2.26. The van der Waals surface area contributed by atoms with Crippen LogP contribution in [0.1, 0.15) is 19.3 Å². The minimum absolute atomic E-state index is 0.157. The van der Waals surface area contributed by atoms with Gasteiger partial charge in [0.05, 0.1) is 6.33 Å². The third-order valence-corrected chi connectivity index (χ3v) is 4.18. The van der Waals surface area contributed by atoms with Crippen molar-refractivity contribution in [2.45, 2.75) is 25.8 Å². The van der Waals surface area contributed by atoms with Gasteiger partial charge in [-0.25, -0.2) is 4.98 Å². The monoisotopic (exact) mass is 281 g/mol. The fourth-order valence-corrected chi connectivity index (χ4v) is 3.13. The van der Waals surface area contributed by atoms with E-state index in [1.165, 1.54) is 6.42 Å². The number of imidazole rings is 1. The van der Waals surface area contributed by atoms with E-state index < -0.39 is 0 Å². The molecule has 2 aromatic heterocycles. The Bertz CT molecular complexity index is 599. The minimum atomic E-state index is 0.157. The van der Waals surface area contributed by atoms with Crippen LogP contribution in [0.5, 0.6) is 0 Å². The Balaban J connectivity index is 1.93. The van der Waals surface area contributed by atoms with E-state index in [9.17, 15) is 5.11 Å². The van der Waals surface area contributed by atoms with Gasteiger partial charge in [0.25, 0.3) is 0 Å². The van der Waals surface area contributed by atoms with Crippen LogP contribution in [0, 0.1) is 11.8 Å². The molecule has 0 amide bonds. The number of aliphatic hydroxyl groups is 1. The van der Waals surface area contributed by atoms with Gasteiger partial charge in [-0.3, -0.25) is 0 Å². The van der Waals surface area contributed by atoms with Crippen molar-refractivity contribution in [1.82, 2.24) is 19.5 Å². The standard InChI is InChI=1S/C12H16ClN5O/c13-10-9-11(17-12(14)16-10)18(6-15-9)4-7-2-1-3-8(7)5-19/h6-8,19H,1-5H2,(H2,14,16,17)/t7-,8+/m1/s1. The van der Waals surface area contributed by atoms with Crippen LogP contribution in [0.3, 0.4) is 0 Å². The molecule has 0 spiro atoms. The smallest absolute Gasteiger partial charge is 0.223 e. The molecule has 0 aliphatic heterocycles. The number of hydrogen-bond acceptors (Lipinski definition) is 5. The number of nitrogens with two attached hydrogens (primary N) is 1. The summed E-state index contributed by atoms with van der Waals surface area (Å²) in [5, 5.41) is 9.66. The summed E-state index contributed by atoms with van der Waals surface area (Å²) in [6, 6.07) is 0. The second-order valence-electron chi connectivity index (χ2n) is 5.08. The molecule has 3 rings (SSSR count). The van der Waals surface area contributed by atoms with E-state index >= 15 is 0 Å². The highest BCUT2D eigenvalue weighted by atomic mass is 35.5. The van der Waals surface area contributed by atoms with Crippen molar-refractivity contribution >= 4 is 28.7 Å². The number of halogens is 1. The van der Waals surface area contributed by atoms with Gasteiger partial charge in [0.2, 0.25) is 5.95 Å². The molecule has 0 bridgehead atoms. The van der Waals surface area contributed by atoms with Crippen molar-refractivity contribution in [3.8, 4) is 0 Å². The average molecular weight is 282 g/mol. The fraction of sp³-hybridized carbons (Fsp3) is 0.583. The van der Waals surface area contributed by atoms with Gasteiger partial charge in [-0.15, -0.1) is 0 Å². The fourth-order valence-electron chi connectivity index (χ4n) is 2.91. The lowest BCUT2D eigenvalue weighted by Gasteiger charge is -2.17. The van der Waals surface area contributed by atoms with E-state index in [0.29, 0.717) is 23.0 Å². The van der Waals surface area contributed by atoms with Gasteiger partial charge in [0.15, 0.2) is 10.8 Å². The van der Waals surface area contributed by atoms with E-state index in [-0.39, 0.29) is 17.7 Å². The zero-order chi connectivity index (χ0) is 13.4. The lowest BCUT2D eigenvalue weighted by Crippen LogP contribution is -2.18. The molecule has 0 unspecified atom stereocenters. The lowest BCUT2D eigenvalue weighted by atomic mass is 9.97. The number of aromatic nitrogens is 4.